The molecule has 0 radical (unpaired) electrons. The van der Waals surface area contributed by atoms with Crippen molar-refractivity contribution in [2.24, 2.45) is 0 Å². The fraction of sp³-hybridized carbons (Fsp3) is 0.278. The van der Waals surface area contributed by atoms with E-state index in [-0.39, 0.29) is 6.04 Å². The van der Waals surface area contributed by atoms with Crippen LogP contribution in [0.5, 0.6) is 0 Å². The Kier molecular flexibility index (Phi) is 2.90. The largest absolute Gasteiger partial charge is 0.390 e. The number of aromatic nitrogens is 5. The first-order valence-electron chi connectivity index (χ1n) is 8.34. The van der Waals surface area contributed by atoms with Gasteiger partial charge in [-0.3, -0.25) is 0 Å². The Hall–Kier alpha value is -2.93. The Morgan fingerprint density at radius 2 is 2.20 bits per heavy atom. The number of aliphatic hydroxyl groups is 1. The molecule has 4 aromatic heterocycles. The molecule has 0 aliphatic heterocycles. The van der Waals surface area contributed by atoms with Crippen LogP contribution in [0.25, 0.3) is 27.8 Å². The number of anilines is 1. The number of rotatable bonds is 3. The van der Waals surface area contributed by atoms with Crippen LogP contribution in [-0.4, -0.2) is 41.1 Å². The monoisotopic (exact) mass is 334 g/mol. The lowest BCUT2D eigenvalue weighted by molar-refractivity contribution is -0.0235. The number of aromatic amines is 1. The average Bonchev–Trinajstić information content (AvgIpc) is 3.18. The van der Waals surface area contributed by atoms with Crippen LogP contribution in [0.2, 0.25) is 0 Å². The van der Waals surface area contributed by atoms with Gasteiger partial charge in [-0.2, -0.15) is 4.98 Å². The van der Waals surface area contributed by atoms with Crippen molar-refractivity contribution in [2.75, 3.05) is 5.32 Å². The molecular formula is C18H18N6O. The summed E-state index contributed by atoms with van der Waals surface area (Å²) in [5.41, 5.74) is 3.29. The third-order valence-corrected chi connectivity index (χ3v) is 4.84. The van der Waals surface area contributed by atoms with Gasteiger partial charge in [0.15, 0.2) is 0 Å². The van der Waals surface area contributed by atoms with Gasteiger partial charge >= 0.3 is 0 Å². The Morgan fingerprint density at radius 1 is 1.32 bits per heavy atom. The van der Waals surface area contributed by atoms with Crippen molar-refractivity contribution in [3.63, 3.8) is 0 Å². The second-order valence-corrected chi connectivity index (χ2v) is 7.02. The molecule has 0 saturated heterocycles. The summed E-state index contributed by atoms with van der Waals surface area (Å²) in [7, 11) is 0. The van der Waals surface area contributed by atoms with Crippen molar-refractivity contribution in [1.29, 1.82) is 0 Å². The molecule has 1 saturated carbocycles. The van der Waals surface area contributed by atoms with Crippen LogP contribution >= 0.6 is 0 Å². The maximum atomic E-state index is 9.83. The zero-order valence-corrected chi connectivity index (χ0v) is 13.8. The Labute approximate surface area is 143 Å². The summed E-state index contributed by atoms with van der Waals surface area (Å²) in [6, 6.07) is 4.27. The molecule has 4 aromatic rings. The highest BCUT2D eigenvalue weighted by Crippen LogP contribution is 2.33. The lowest BCUT2D eigenvalue weighted by Crippen LogP contribution is -2.48. The maximum Gasteiger partial charge on any atom is 0.224 e. The maximum absolute atomic E-state index is 9.83. The van der Waals surface area contributed by atoms with Gasteiger partial charge in [-0.25, -0.2) is 9.97 Å². The number of hydrogen-bond donors (Lipinski definition) is 3. The standard InChI is InChI=1S/C18H18N6O/c1-18(25)6-12(7-18)22-17-21-9-14-13(8-20-16(14)23-17)11-2-3-15-19-4-5-24(15)10-11/h2-5,8-10,12,25H,6-7H2,1H3,(H2,20,21,22,23)/t12-,18-. The fourth-order valence-electron chi connectivity index (χ4n) is 3.58. The van der Waals surface area contributed by atoms with Crippen LogP contribution in [-0.2, 0) is 0 Å². The molecule has 3 N–H and O–H groups in total. The molecule has 7 heteroatoms. The van der Waals surface area contributed by atoms with Crippen LogP contribution in [0, 0.1) is 0 Å². The fourth-order valence-corrected chi connectivity index (χ4v) is 3.58. The first-order chi connectivity index (χ1) is 12.1. The zero-order chi connectivity index (χ0) is 17.0. The van der Waals surface area contributed by atoms with Crippen molar-refractivity contribution < 1.29 is 5.11 Å². The minimum Gasteiger partial charge on any atom is -0.390 e. The molecule has 0 atom stereocenters. The SMILES string of the molecule is C[C@]1(O)C[C@H](Nc2ncc3c(-c4ccc5nccn5c4)c[nH]c3n2)C1. The van der Waals surface area contributed by atoms with Gasteiger partial charge in [0, 0.05) is 53.5 Å². The minimum absolute atomic E-state index is 0.227. The third-order valence-electron chi connectivity index (χ3n) is 4.84. The predicted molar refractivity (Wildman–Crippen MR) is 95.3 cm³/mol. The molecule has 0 amide bonds. The van der Waals surface area contributed by atoms with E-state index in [1.165, 1.54) is 0 Å². The van der Waals surface area contributed by atoms with Gasteiger partial charge in [-0.1, -0.05) is 0 Å². The third kappa shape index (κ3) is 2.44. The van der Waals surface area contributed by atoms with Crippen LogP contribution in [0.15, 0.2) is 43.1 Å². The second kappa shape index (κ2) is 5.03. The smallest absolute Gasteiger partial charge is 0.224 e. The molecule has 0 unspecified atom stereocenters. The summed E-state index contributed by atoms with van der Waals surface area (Å²) in [5, 5.41) is 14.1. The molecule has 1 fully saturated rings. The number of pyridine rings is 1. The second-order valence-electron chi connectivity index (χ2n) is 7.02. The van der Waals surface area contributed by atoms with Crippen molar-refractivity contribution in [3.05, 3.63) is 43.1 Å². The number of nitrogens with zero attached hydrogens (tertiary/aromatic N) is 4. The van der Waals surface area contributed by atoms with E-state index in [0.717, 1.165) is 40.6 Å². The summed E-state index contributed by atoms with van der Waals surface area (Å²) in [6.07, 6.45) is 11.0. The molecule has 0 bridgehead atoms. The Bertz CT molecular complexity index is 1070. The van der Waals surface area contributed by atoms with Gasteiger partial charge in [0.1, 0.15) is 11.3 Å². The average molecular weight is 334 g/mol. The van der Waals surface area contributed by atoms with E-state index in [0.29, 0.717) is 5.95 Å². The number of fused-ring (bicyclic) bond motifs is 2. The molecule has 0 spiro atoms. The van der Waals surface area contributed by atoms with Gasteiger partial charge in [-0.15, -0.1) is 0 Å². The molecule has 25 heavy (non-hydrogen) atoms. The molecule has 126 valence electrons. The molecule has 0 aromatic carbocycles. The van der Waals surface area contributed by atoms with Gasteiger partial charge in [0.05, 0.1) is 5.60 Å². The van der Waals surface area contributed by atoms with E-state index in [1.807, 2.05) is 48.2 Å². The molecule has 4 heterocycles. The Balaban J connectivity index is 1.46. The van der Waals surface area contributed by atoms with Gasteiger partial charge in [0.25, 0.3) is 0 Å². The normalized spacial score (nSPS) is 23.0. The molecular weight excluding hydrogens is 316 g/mol. The van der Waals surface area contributed by atoms with E-state index in [2.05, 4.69) is 25.3 Å². The first kappa shape index (κ1) is 14.4. The van der Waals surface area contributed by atoms with E-state index in [1.54, 1.807) is 6.20 Å². The van der Waals surface area contributed by atoms with Crippen molar-refractivity contribution >= 4 is 22.6 Å². The molecule has 5 rings (SSSR count). The number of imidazole rings is 1. The van der Waals surface area contributed by atoms with E-state index >= 15 is 0 Å². The highest BCUT2D eigenvalue weighted by molar-refractivity contribution is 5.93. The summed E-state index contributed by atoms with van der Waals surface area (Å²) < 4.78 is 1.99. The van der Waals surface area contributed by atoms with Crippen molar-refractivity contribution in [1.82, 2.24) is 24.3 Å². The van der Waals surface area contributed by atoms with Crippen LogP contribution in [0.1, 0.15) is 19.8 Å². The van der Waals surface area contributed by atoms with Gasteiger partial charge in [0.2, 0.25) is 5.95 Å². The number of hydrogen-bond acceptors (Lipinski definition) is 5. The molecule has 1 aliphatic rings. The predicted octanol–water partition coefficient (Wildman–Crippen LogP) is 2.60. The van der Waals surface area contributed by atoms with Gasteiger partial charge < -0.3 is 19.8 Å². The van der Waals surface area contributed by atoms with Crippen molar-refractivity contribution in [3.8, 4) is 11.1 Å². The van der Waals surface area contributed by atoms with Crippen molar-refractivity contribution in [2.45, 2.75) is 31.4 Å². The van der Waals surface area contributed by atoms with Gasteiger partial charge in [-0.05, 0) is 31.9 Å². The molecule has 1 aliphatic carbocycles. The van der Waals surface area contributed by atoms with Crippen LogP contribution in [0.4, 0.5) is 5.95 Å². The van der Waals surface area contributed by atoms with Crippen LogP contribution in [0.3, 0.4) is 0 Å². The highest BCUT2D eigenvalue weighted by Gasteiger charge is 2.38. The van der Waals surface area contributed by atoms with E-state index in [9.17, 15) is 5.11 Å². The lowest BCUT2D eigenvalue weighted by Gasteiger charge is -2.41. The number of H-pyrrole nitrogens is 1. The Morgan fingerprint density at radius 3 is 3.04 bits per heavy atom. The van der Waals surface area contributed by atoms with E-state index < -0.39 is 5.60 Å². The molecule has 7 nitrogen and oxygen atoms in total. The first-order valence-corrected chi connectivity index (χ1v) is 8.34. The summed E-state index contributed by atoms with van der Waals surface area (Å²) in [4.78, 5) is 16.5. The topological polar surface area (TPSA) is 91.1 Å². The summed E-state index contributed by atoms with van der Waals surface area (Å²) in [5.74, 6) is 0.589. The van der Waals surface area contributed by atoms with Crippen LogP contribution < -0.4 is 5.32 Å². The minimum atomic E-state index is -0.562. The summed E-state index contributed by atoms with van der Waals surface area (Å²) >= 11 is 0. The number of nitrogens with one attached hydrogen (secondary N) is 2. The highest BCUT2D eigenvalue weighted by atomic mass is 16.3. The van der Waals surface area contributed by atoms with E-state index in [4.69, 9.17) is 0 Å². The lowest BCUT2D eigenvalue weighted by atomic mass is 9.77. The summed E-state index contributed by atoms with van der Waals surface area (Å²) in [6.45, 7) is 1.85. The zero-order valence-electron chi connectivity index (χ0n) is 13.8. The quantitative estimate of drug-likeness (QED) is 0.536.